The fraction of sp³-hybridized carbons (Fsp3) is 0.278. The molecule has 0 aromatic heterocycles. The Morgan fingerprint density at radius 3 is 2.57 bits per heavy atom. The largest absolute Gasteiger partial charge is 0.494 e. The number of para-hydroxylation sites is 1. The molecule has 0 spiro atoms. The molecule has 124 valence electrons. The number of halogens is 1. The van der Waals surface area contributed by atoms with Crippen LogP contribution < -0.4 is 15.8 Å². The number of nitrogen functional groups attached to an aromatic ring is 1. The molecular formula is C18H23ClN2O2. The van der Waals surface area contributed by atoms with Crippen molar-refractivity contribution in [3.8, 4) is 5.75 Å². The first-order chi connectivity index (χ1) is 10.7. The molecule has 0 aliphatic heterocycles. The van der Waals surface area contributed by atoms with Crippen LogP contribution in [0.5, 0.6) is 5.75 Å². The first-order valence-corrected chi connectivity index (χ1v) is 7.53. The number of benzene rings is 2. The van der Waals surface area contributed by atoms with Crippen LogP contribution in [-0.2, 0) is 0 Å². The van der Waals surface area contributed by atoms with Gasteiger partial charge in [-0.15, -0.1) is 12.4 Å². The van der Waals surface area contributed by atoms with Gasteiger partial charge < -0.3 is 15.8 Å². The lowest BCUT2D eigenvalue weighted by atomic mass is 10.0. The van der Waals surface area contributed by atoms with Gasteiger partial charge in [-0.25, -0.2) is 0 Å². The second-order valence-electron chi connectivity index (χ2n) is 5.03. The summed E-state index contributed by atoms with van der Waals surface area (Å²) in [6.45, 7) is 4.58. The van der Waals surface area contributed by atoms with Crippen LogP contribution in [-0.4, -0.2) is 12.5 Å². The van der Waals surface area contributed by atoms with Gasteiger partial charge in [0, 0.05) is 16.8 Å². The number of hydrogen-bond acceptors (Lipinski definition) is 3. The first kappa shape index (κ1) is 18.8. The molecule has 0 aliphatic rings. The summed E-state index contributed by atoms with van der Waals surface area (Å²) in [6, 6.07) is 14.7. The van der Waals surface area contributed by atoms with E-state index in [9.17, 15) is 4.79 Å². The fourth-order valence-electron chi connectivity index (χ4n) is 2.38. The van der Waals surface area contributed by atoms with Crippen molar-refractivity contribution in [2.24, 2.45) is 0 Å². The van der Waals surface area contributed by atoms with Crippen molar-refractivity contribution in [2.45, 2.75) is 26.3 Å². The van der Waals surface area contributed by atoms with E-state index in [4.69, 9.17) is 10.5 Å². The molecule has 0 aliphatic carbocycles. The van der Waals surface area contributed by atoms with Crippen LogP contribution in [0, 0.1) is 0 Å². The average Bonchev–Trinajstić information content (AvgIpc) is 2.53. The van der Waals surface area contributed by atoms with Crippen molar-refractivity contribution in [3.05, 3.63) is 59.7 Å². The summed E-state index contributed by atoms with van der Waals surface area (Å²) in [7, 11) is 0. The van der Waals surface area contributed by atoms with Gasteiger partial charge in [-0.3, -0.25) is 4.79 Å². The van der Waals surface area contributed by atoms with E-state index in [-0.39, 0.29) is 24.4 Å². The molecule has 0 saturated carbocycles. The van der Waals surface area contributed by atoms with Gasteiger partial charge >= 0.3 is 0 Å². The second-order valence-corrected chi connectivity index (χ2v) is 5.03. The van der Waals surface area contributed by atoms with E-state index in [0.717, 1.165) is 17.7 Å². The van der Waals surface area contributed by atoms with Crippen molar-refractivity contribution in [2.75, 3.05) is 12.3 Å². The Hall–Kier alpha value is -2.20. The Labute approximate surface area is 143 Å². The van der Waals surface area contributed by atoms with Crippen LogP contribution in [0.1, 0.15) is 42.2 Å². The Bertz CT molecular complexity index is 646. The molecule has 2 aromatic carbocycles. The lowest BCUT2D eigenvalue weighted by molar-refractivity contribution is 0.0935. The van der Waals surface area contributed by atoms with Crippen LogP contribution in [0.4, 0.5) is 5.69 Å². The van der Waals surface area contributed by atoms with Crippen LogP contribution in [0.2, 0.25) is 0 Å². The summed E-state index contributed by atoms with van der Waals surface area (Å²) < 4.78 is 5.65. The molecule has 5 heteroatoms. The van der Waals surface area contributed by atoms with Crippen LogP contribution >= 0.6 is 12.4 Å². The maximum atomic E-state index is 12.4. The zero-order chi connectivity index (χ0) is 15.9. The number of carbonyl (C=O) groups is 1. The number of anilines is 1. The Balaban J connectivity index is 0.00000264. The summed E-state index contributed by atoms with van der Waals surface area (Å²) in [5.74, 6) is 0.676. The Morgan fingerprint density at radius 1 is 1.17 bits per heavy atom. The van der Waals surface area contributed by atoms with E-state index >= 15 is 0 Å². The molecule has 1 unspecified atom stereocenters. The molecule has 23 heavy (non-hydrogen) atoms. The van der Waals surface area contributed by atoms with Crippen molar-refractivity contribution < 1.29 is 9.53 Å². The zero-order valence-corrected chi connectivity index (χ0v) is 14.2. The molecule has 0 heterocycles. The molecule has 0 radical (unpaired) electrons. The monoisotopic (exact) mass is 334 g/mol. The maximum Gasteiger partial charge on any atom is 0.251 e. The summed E-state index contributed by atoms with van der Waals surface area (Å²) in [5, 5.41) is 3.05. The molecular weight excluding hydrogens is 312 g/mol. The molecule has 0 fully saturated rings. The molecule has 0 saturated heterocycles. The third-order valence-electron chi connectivity index (χ3n) is 3.46. The number of ether oxygens (including phenoxy) is 1. The number of nitrogens with one attached hydrogen (secondary N) is 1. The van der Waals surface area contributed by atoms with E-state index in [1.807, 2.05) is 38.1 Å². The first-order valence-electron chi connectivity index (χ1n) is 7.53. The normalized spacial score (nSPS) is 11.2. The third-order valence-corrected chi connectivity index (χ3v) is 3.46. The second kappa shape index (κ2) is 9.06. The zero-order valence-electron chi connectivity index (χ0n) is 13.4. The molecule has 2 rings (SSSR count). The van der Waals surface area contributed by atoms with Crippen LogP contribution in [0.3, 0.4) is 0 Å². The molecule has 4 nitrogen and oxygen atoms in total. The number of rotatable bonds is 6. The quantitative estimate of drug-likeness (QED) is 0.785. The van der Waals surface area contributed by atoms with Crippen molar-refractivity contribution in [1.82, 2.24) is 5.32 Å². The number of nitrogens with two attached hydrogens (primary N) is 1. The van der Waals surface area contributed by atoms with Crippen LogP contribution in [0.15, 0.2) is 48.5 Å². The van der Waals surface area contributed by atoms with Gasteiger partial charge in [0.05, 0.1) is 12.6 Å². The number of amides is 1. The van der Waals surface area contributed by atoms with Crippen LogP contribution in [0.25, 0.3) is 0 Å². The molecule has 3 N–H and O–H groups in total. The van der Waals surface area contributed by atoms with Gasteiger partial charge in [-0.05, 0) is 37.6 Å². The van der Waals surface area contributed by atoms with E-state index in [1.54, 1.807) is 24.3 Å². The van der Waals surface area contributed by atoms with E-state index in [2.05, 4.69) is 5.32 Å². The average molecular weight is 335 g/mol. The number of carbonyl (C=O) groups excluding carboxylic acids is 1. The predicted molar refractivity (Wildman–Crippen MR) is 96.2 cm³/mol. The minimum absolute atomic E-state index is 0. The van der Waals surface area contributed by atoms with Gasteiger partial charge in [-0.1, -0.05) is 31.2 Å². The lowest BCUT2D eigenvalue weighted by Crippen LogP contribution is -2.28. The van der Waals surface area contributed by atoms with Gasteiger partial charge in [0.25, 0.3) is 5.91 Å². The van der Waals surface area contributed by atoms with Crippen molar-refractivity contribution in [1.29, 1.82) is 0 Å². The SMILES string of the molecule is CCOc1ccccc1C(CC)NC(=O)c1cccc(N)c1.Cl. The Morgan fingerprint density at radius 2 is 1.91 bits per heavy atom. The summed E-state index contributed by atoms with van der Waals surface area (Å²) in [6.07, 6.45) is 0.776. The maximum absolute atomic E-state index is 12.4. The molecule has 0 bridgehead atoms. The topological polar surface area (TPSA) is 64.3 Å². The fourth-order valence-corrected chi connectivity index (χ4v) is 2.38. The van der Waals surface area contributed by atoms with Gasteiger partial charge in [0.1, 0.15) is 5.75 Å². The highest BCUT2D eigenvalue weighted by Crippen LogP contribution is 2.27. The van der Waals surface area contributed by atoms with Gasteiger partial charge in [0.2, 0.25) is 0 Å². The number of hydrogen-bond donors (Lipinski definition) is 2. The summed E-state index contributed by atoms with van der Waals surface area (Å²) in [4.78, 5) is 12.4. The minimum Gasteiger partial charge on any atom is -0.494 e. The lowest BCUT2D eigenvalue weighted by Gasteiger charge is -2.20. The molecule has 1 atom stereocenters. The summed E-state index contributed by atoms with van der Waals surface area (Å²) in [5.41, 5.74) is 7.87. The molecule has 2 aromatic rings. The van der Waals surface area contributed by atoms with E-state index < -0.39 is 0 Å². The van der Waals surface area contributed by atoms with Crippen molar-refractivity contribution in [3.63, 3.8) is 0 Å². The van der Waals surface area contributed by atoms with Gasteiger partial charge in [0.15, 0.2) is 0 Å². The van der Waals surface area contributed by atoms with E-state index in [0.29, 0.717) is 17.9 Å². The minimum atomic E-state index is -0.134. The smallest absolute Gasteiger partial charge is 0.251 e. The standard InChI is InChI=1S/C18H22N2O2.ClH/c1-3-16(15-10-5-6-11-17(15)22-4-2)20-18(21)13-8-7-9-14(19)12-13;/h5-12,16H,3-4,19H2,1-2H3,(H,20,21);1H. The Kier molecular flexibility index (Phi) is 7.42. The molecule has 1 amide bonds. The summed E-state index contributed by atoms with van der Waals surface area (Å²) >= 11 is 0. The third kappa shape index (κ3) is 4.89. The van der Waals surface area contributed by atoms with Gasteiger partial charge in [-0.2, -0.15) is 0 Å². The highest BCUT2D eigenvalue weighted by molar-refractivity contribution is 5.95. The highest BCUT2D eigenvalue weighted by atomic mass is 35.5. The highest BCUT2D eigenvalue weighted by Gasteiger charge is 2.17. The predicted octanol–water partition coefficient (Wildman–Crippen LogP) is 3.97. The van der Waals surface area contributed by atoms with E-state index in [1.165, 1.54) is 0 Å². The van der Waals surface area contributed by atoms with Crippen molar-refractivity contribution >= 4 is 24.0 Å².